The minimum absolute atomic E-state index is 0.139. The van der Waals surface area contributed by atoms with E-state index in [2.05, 4.69) is 37.0 Å². The van der Waals surface area contributed by atoms with Crippen molar-refractivity contribution in [2.45, 2.75) is 18.2 Å². The minimum atomic E-state index is -4.34. The molecule has 1 aromatic rings. The molecule has 0 atom stereocenters. The maximum absolute atomic E-state index is 11.7. The topological polar surface area (TPSA) is 87.0 Å². The fourth-order valence-electron chi connectivity index (χ4n) is 1.63. The largest absolute Gasteiger partial charge is 0.295 e. The van der Waals surface area contributed by atoms with Crippen molar-refractivity contribution in [2.75, 3.05) is 5.01 Å². The van der Waals surface area contributed by atoms with Crippen LogP contribution in [0.4, 0.5) is 5.69 Å². The molecule has 0 radical (unpaired) electrons. The molecule has 1 amide bonds. The maximum Gasteiger partial charge on any atom is 0.295 e. The lowest BCUT2D eigenvalue weighted by atomic mass is 10.3. The quantitative estimate of drug-likeness (QED) is 0.757. The van der Waals surface area contributed by atoms with E-state index in [9.17, 15) is 13.2 Å². The van der Waals surface area contributed by atoms with Gasteiger partial charge in [0.25, 0.3) is 16.0 Å². The molecule has 0 unspecified atom stereocenters. The van der Waals surface area contributed by atoms with E-state index in [1.165, 1.54) is 17.1 Å². The van der Waals surface area contributed by atoms with Crippen LogP contribution in [-0.4, -0.2) is 24.6 Å². The summed E-state index contributed by atoms with van der Waals surface area (Å²) in [6.45, 7) is 1.73. The monoisotopic (exact) mass is 410 g/mol. The first-order valence-electron chi connectivity index (χ1n) is 5.04. The lowest BCUT2D eigenvalue weighted by Crippen LogP contribution is -2.20. The van der Waals surface area contributed by atoms with Crippen LogP contribution in [0.1, 0.15) is 13.3 Å². The van der Waals surface area contributed by atoms with Crippen molar-refractivity contribution in [1.29, 1.82) is 0 Å². The number of carbonyl (C=O) groups excluding carboxylic acids is 1. The van der Waals surface area contributed by atoms with E-state index in [0.29, 0.717) is 15.9 Å². The number of hydrazone groups is 1. The Labute approximate surface area is 126 Å². The molecule has 0 aliphatic carbocycles. The summed E-state index contributed by atoms with van der Waals surface area (Å²) >= 11 is 6.27. The third kappa shape index (κ3) is 2.73. The van der Waals surface area contributed by atoms with Gasteiger partial charge in [0, 0.05) is 5.71 Å². The lowest BCUT2D eigenvalue weighted by Gasteiger charge is -2.15. The Balaban J connectivity index is 2.57. The van der Waals surface area contributed by atoms with Crippen molar-refractivity contribution < 1.29 is 17.8 Å². The Hall–Kier alpha value is -0.770. The summed E-state index contributed by atoms with van der Waals surface area (Å²) in [4.78, 5) is 11.5. The molecule has 0 aromatic heterocycles. The predicted molar refractivity (Wildman–Crippen MR) is 76.9 cm³/mol. The van der Waals surface area contributed by atoms with Crippen LogP contribution in [0.25, 0.3) is 0 Å². The Bertz CT molecular complexity index is 700. The van der Waals surface area contributed by atoms with Gasteiger partial charge in [-0.2, -0.15) is 18.5 Å². The first-order valence-corrected chi connectivity index (χ1v) is 8.07. The number of amides is 1. The highest BCUT2D eigenvalue weighted by Gasteiger charge is 2.27. The third-order valence-electron chi connectivity index (χ3n) is 2.45. The number of benzene rings is 1. The highest BCUT2D eigenvalue weighted by atomic mass is 79.9. The van der Waals surface area contributed by atoms with Crippen LogP contribution >= 0.6 is 31.9 Å². The van der Waals surface area contributed by atoms with Crippen molar-refractivity contribution in [1.82, 2.24) is 0 Å². The molecule has 0 fully saturated rings. The van der Waals surface area contributed by atoms with Gasteiger partial charge in [0.1, 0.15) is 4.90 Å². The van der Waals surface area contributed by atoms with Gasteiger partial charge in [0.05, 0.1) is 21.1 Å². The Morgan fingerprint density at radius 1 is 1.32 bits per heavy atom. The minimum Gasteiger partial charge on any atom is -0.282 e. The average molecular weight is 412 g/mol. The molecule has 0 bridgehead atoms. The molecule has 19 heavy (non-hydrogen) atoms. The second-order valence-corrected chi connectivity index (χ2v) is 6.88. The van der Waals surface area contributed by atoms with Crippen LogP contribution in [0.15, 0.2) is 31.1 Å². The van der Waals surface area contributed by atoms with Crippen LogP contribution in [0, 0.1) is 0 Å². The van der Waals surface area contributed by atoms with Crippen LogP contribution < -0.4 is 5.01 Å². The van der Waals surface area contributed by atoms with Gasteiger partial charge in [-0.05, 0) is 50.9 Å². The van der Waals surface area contributed by atoms with Gasteiger partial charge >= 0.3 is 0 Å². The van der Waals surface area contributed by atoms with Crippen molar-refractivity contribution in [3.8, 4) is 0 Å². The summed E-state index contributed by atoms with van der Waals surface area (Å²) in [7, 11) is -4.34. The molecule has 9 heteroatoms. The molecule has 1 aromatic carbocycles. The molecule has 1 aliphatic rings. The van der Waals surface area contributed by atoms with E-state index < -0.39 is 10.1 Å². The van der Waals surface area contributed by atoms with Gasteiger partial charge in [-0.15, -0.1) is 0 Å². The van der Waals surface area contributed by atoms with Gasteiger partial charge in [-0.3, -0.25) is 9.35 Å². The van der Waals surface area contributed by atoms with E-state index in [-0.39, 0.29) is 21.7 Å². The van der Waals surface area contributed by atoms with Gasteiger partial charge in [0.15, 0.2) is 0 Å². The van der Waals surface area contributed by atoms with Gasteiger partial charge in [-0.25, -0.2) is 0 Å². The van der Waals surface area contributed by atoms with Crippen molar-refractivity contribution in [3.05, 3.63) is 21.1 Å². The summed E-state index contributed by atoms with van der Waals surface area (Å²) in [5, 5.41) is 5.26. The fourth-order valence-corrected chi connectivity index (χ4v) is 3.79. The van der Waals surface area contributed by atoms with Crippen molar-refractivity contribution >= 4 is 59.3 Å². The van der Waals surface area contributed by atoms with E-state index in [1.54, 1.807) is 6.92 Å². The van der Waals surface area contributed by atoms with Gasteiger partial charge in [0.2, 0.25) is 0 Å². The summed E-state index contributed by atoms with van der Waals surface area (Å²) in [6, 6.07) is 2.61. The number of halogens is 2. The molecule has 102 valence electrons. The maximum atomic E-state index is 11.7. The van der Waals surface area contributed by atoms with E-state index >= 15 is 0 Å². The molecule has 0 saturated carbocycles. The van der Waals surface area contributed by atoms with Crippen LogP contribution in [-0.2, 0) is 14.9 Å². The van der Waals surface area contributed by atoms with E-state index in [0.717, 1.165) is 0 Å². The predicted octanol–water partition coefficient (Wildman–Crippen LogP) is 2.57. The van der Waals surface area contributed by atoms with Gasteiger partial charge in [-0.1, -0.05) is 0 Å². The number of hydrogen-bond acceptors (Lipinski definition) is 4. The second kappa shape index (κ2) is 4.97. The zero-order valence-corrected chi connectivity index (χ0v) is 13.6. The molecule has 1 aliphatic heterocycles. The number of nitrogens with zero attached hydrogens (tertiary/aromatic N) is 2. The number of anilines is 1. The molecule has 1 heterocycles. The standard InChI is InChI=1S/C10H8Br2N2O4S/c1-5-4-8(15)14(13-5)6-2-3-7(19(16,17)18)10(12)9(6)11/h2-3H,4H2,1H3,(H,16,17,18). The van der Waals surface area contributed by atoms with Crippen molar-refractivity contribution in [2.24, 2.45) is 5.10 Å². The normalized spacial score (nSPS) is 15.9. The molecule has 0 spiro atoms. The zero-order valence-electron chi connectivity index (χ0n) is 9.59. The first kappa shape index (κ1) is 14.6. The number of rotatable bonds is 2. The molecule has 6 nitrogen and oxygen atoms in total. The fraction of sp³-hybridized carbons (Fsp3) is 0.200. The summed E-state index contributed by atoms with van der Waals surface area (Å²) in [5.74, 6) is -0.204. The number of carbonyl (C=O) groups is 1. The highest BCUT2D eigenvalue weighted by Crippen LogP contribution is 2.38. The highest BCUT2D eigenvalue weighted by molar-refractivity contribution is 9.13. The molecular formula is C10H8Br2N2O4S. The third-order valence-corrected chi connectivity index (χ3v) is 5.76. The van der Waals surface area contributed by atoms with Gasteiger partial charge < -0.3 is 0 Å². The van der Waals surface area contributed by atoms with Crippen molar-refractivity contribution in [3.63, 3.8) is 0 Å². The Morgan fingerprint density at radius 2 is 1.95 bits per heavy atom. The molecule has 2 rings (SSSR count). The summed E-state index contributed by atoms with van der Waals surface area (Å²) in [6.07, 6.45) is 0.226. The van der Waals surface area contributed by atoms with Crippen LogP contribution in [0.3, 0.4) is 0 Å². The molecular weight excluding hydrogens is 404 g/mol. The molecule has 1 N–H and O–H groups in total. The van der Waals surface area contributed by atoms with E-state index in [1.807, 2.05) is 0 Å². The average Bonchev–Trinajstić information content (AvgIpc) is 2.60. The first-order chi connectivity index (χ1) is 8.71. The lowest BCUT2D eigenvalue weighted by molar-refractivity contribution is -0.116. The SMILES string of the molecule is CC1=NN(c2ccc(S(=O)(=O)O)c(Br)c2Br)C(=O)C1. The number of hydrogen-bond donors (Lipinski definition) is 1. The zero-order chi connectivity index (χ0) is 14.4. The smallest absolute Gasteiger partial charge is 0.282 e. The van der Waals surface area contributed by atoms with Crippen LogP contribution in [0.2, 0.25) is 0 Å². The Kier molecular flexibility index (Phi) is 3.83. The van der Waals surface area contributed by atoms with Crippen LogP contribution in [0.5, 0.6) is 0 Å². The molecule has 0 saturated heterocycles. The second-order valence-electron chi connectivity index (χ2n) is 3.90. The van der Waals surface area contributed by atoms with E-state index in [4.69, 9.17) is 4.55 Å². The Morgan fingerprint density at radius 3 is 2.42 bits per heavy atom. The summed E-state index contributed by atoms with van der Waals surface area (Å²) < 4.78 is 31.8. The summed E-state index contributed by atoms with van der Waals surface area (Å²) in [5.41, 5.74) is 1.08.